The number of nitrogens with one attached hydrogen (secondary N) is 1. The van der Waals surface area contributed by atoms with Crippen LogP contribution in [-0.2, 0) is 4.79 Å². The predicted molar refractivity (Wildman–Crippen MR) is 90.7 cm³/mol. The van der Waals surface area contributed by atoms with Crippen molar-refractivity contribution in [3.05, 3.63) is 58.1 Å². The van der Waals surface area contributed by atoms with Crippen LogP contribution < -0.4 is 14.9 Å². The van der Waals surface area contributed by atoms with Crippen LogP contribution >= 0.6 is 23.2 Å². The van der Waals surface area contributed by atoms with Crippen LogP contribution in [0.25, 0.3) is 0 Å². The van der Waals surface area contributed by atoms with Gasteiger partial charge in [0.2, 0.25) is 0 Å². The van der Waals surface area contributed by atoms with Gasteiger partial charge >= 0.3 is 0 Å². The molecule has 0 bridgehead atoms. The summed E-state index contributed by atoms with van der Waals surface area (Å²) < 4.78 is 10.4. The Kier molecular flexibility index (Phi) is 6.26. The lowest BCUT2D eigenvalue weighted by Gasteiger charge is -2.07. The van der Waals surface area contributed by atoms with E-state index in [-0.39, 0.29) is 6.61 Å². The van der Waals surface area contributed by atoms with E-state index >= 15 is 0 Å². The molecule has 0 atom stereocenters. The van der Waals surface area contributed by atoms with E-state index < -0.39 is 5.91 Å². The monoisotopic (exact) mass is 352 g/mol. The summed E-state index contributed by atoms with van der Waals surface area (Å²) in [5.74, 6) is 0.630. The number of carbonyl (C=O) groups excluding carboxylic acids is 1. The van der Waals surface area contributed by atoms with E-state index in [2.05, 4.69) is 10.5 Å². The zero-order valence-corrected chi connectivity index (χ0v) is 13.8. The summed E-state index contributed by atoms with van der Waals surface area (Å²) in [5.41, 5.74) is 3.16. The van der Waals surface area contributed by atoms with E-state index in [1.165, 1.54) is 12.3 Å². The Balaban J connectivity index is 1.85. The summed E-state index contributed by atoms with van der Waals surface area (Å²) in [7, 11) is 1.58. The molecule has 2 aromatic carbocycles. The lowest BCUT2D eigenvalue weighted by atomic mass is 10.2. The average Bonchev–Trinajstić information content (AvgIpc) is 2.56. The van der Waals surface area contributed by atoms with Crippen molar-refractivity contribution in [2.24, 2.45) is 5.10 Å². The minimum atomic E-state index is -0.416. The number of hydrazone groups is 1. The molecule has 0 spiro atoms. The first kappa shape index (κ1) is 17.1. The van der Waals surface area contributed by atoms with Crippen LogP contribution in [0, 0.1) is 0 Å². The number of rotatable bonds is 6. The first-order valence-corrected chi connectivity index (χ1v) is 7.38. The van der Waals surface area contributed by atoms with E-state index in [1.54, 1.807) is 25.3 Å². The maximum absolute atomic E-state index is 11.7. The number of hydrogen-bond donors (Lipinski definition) is 1. The predicted octanol–water partition coefficient (Wildman–Crippen LogP) is 3.53. The molecule has 1 amide bonds. The highest BCUT2D eigenvalue weighted by atomic mass is 35.5. The number of carbonyl (C=O) groups is 1. The normalized spacial score (nSPS) is 10.6. The molecular weight excluding hydrogens is 339 g/mol. The molecule has 0 aliphatic heterocycles. The minimum Gasteiger partial charge on any atom is -0.497 e. The number of nitrogens with zero attached hydrogens (tertiary/aromatic N) is 1. The van der Waals surface area contributed by atoms with Gasteiger partial charge in [0.15, 0.2) is 6.61 Å². The van der Waals surface area contributed by atoms with E-state index in [0.29, 0.717) is 21.5 Å². The van der Waals surface area contributed by atoms with Crippen molar-refractivity contribution >= 4 is 35.3 Å². The van der Waals surface area contributed by atoms with Crippen molar-refractivity contribution in [2.75, 3.05) is 13.7 Å². The van der Waals surface area contributed by atoms with Crippen LogP contribution in [0.15, 0.2) is 47.6 Å². The van der Waals surface area contributed by atoms with Gasteiger partial charge in [0.05, 0.1) is 18.3 Å². The third kappa shape index (κ3) is 5.47. The first-order chi connectivity index (χ1) is 11.1. The van der Waals surface area contributed by atoms with Crippen molar-refractivity contribution in [3.63, 3.8) is 0 Å². The summed E-state index contributed by atoms with van der Waals surface area (Å²) in [5, 5.41) is 4.70. The molecule has 7 heteroatoms. The zero-order valence-electron chi connectivity index (χ0n) is 12.3. The van der Waals surface area contributed by atoms with Crippen LogP contribution in [0.5, 0.6) is 11.5 Å². The minimum absolute atomic E-state index is 0.227. The lowest BCUT2D eigenvalue weighted by Crippen LogP contribution is -2.24. The van der Waals surface area contributed by atoms with Gasteiger partial charge in [0, 0.05) is 11.1 Å². The number of halogens is 2. The largest absolute Gasteiger partial charge is 0.497 e. The summed E-state index contributed by atoms with van der Waals surface area (Å²) >= 11 is 11.8. The third-order valence-electron chi connectivity index (χ3n) is 2.75. The summed E-state index contributed by atoms with van der Waals surface area (Å²) in [6.45, 7) is -0.227. The van der Waals surface area contributed by atoms with Gasteiger partial charge in [-0.3, -0.25) is 4.79 Å². The molecule has 2 aromatic rings. The van der Waals surface area contributed by atoms with E-state index in [0.717, 1.165) is 5.56 Å². The van der Waals surface area contributed by atoms with Gasteiger partial charge in [-0.2, -0.15) is 5.10 Å². The van der Waals surface area contributed by atoms with Crippen molar-refractivity contribution < 1.29 is 14.3 Å². The quantitative estimate of drug-likeness (QED) is 0.638. The number of hydrogen-bond acceptors (Lipinski definition) is 4. The van der Waals surface area contributed by atoms with Gasteiger partial charge in [-0.25, -0.2) is 5.43 Å². The van der Waals surface area contributed by atoms with Crippen LogP contribution in [0.4, 0.5) is 0 Å². The van der Waals surface area contributed by atoms with Crippen LogP contribution in [-0.4, -0.2) is 25.8 Å². The van der Waals surface area contributed by atoms with Crippen molar-refractivity contribution in [3.8, 4) is 11.5 Å². The number of benzene rings is 2. The van der Waals surface area contributed by atoms with E-state index in [1.807, 2.05) is 18.2 Å². The van der Waals surface area contributed by atoms with Gasteiger partial charge in [-0.15, -0.1) is 0 Å². The summed E-state index contributed by atoms with van der Waals surface area (Å²) in [6.07, 6.45) is 1.51. The number of amides is 1. The van der Waals surface area contributed by atoms with Crippen LogP contribution in [0.1, 0.15) is 5.56 Å². The second kappa shape index (κ2) is 8.41. The van der Waals surface area contributed by atoms with Crippen molar-refractivity contribution in [2.45, 2.75) is 0 Å². The second-order valence-corrected chi connectivity index (χ2v) is 5.28. The Hall–Kier alpha value is -2.24. The van der Waals surface area contributed by atoms with Crippen LogP contribution in [0.2, 0.25) is 10.0 Å². The molecule has 0 aliphatic rings. The Bertz CT molecular complexity index is 720. The molecule has 2 rings (SSSR count). The van der Waals surface area contributed by atoms with Crippen molar-refractivity contribution in [1.82, 2.24) is 5.43 Å². The smallest absolute Gasteiger partial charge is 0.277 e. The van der Waals surface area contributed by atoms with Gasteiger partial charge in [-0.1, -0.05) is 35.3 Å². The Morgan fingerprint density at radius 3 is 2.87 bits per heavy atom. The van der Waals surface area contributed by atoms with E-state index in [9.17, 15) is 4.79 Å². The fourth-order valence-corrected chi connectivity index (χ4v) is 2.00. The lowest BCUT2D eigenvalue weighted by molar-refractivity contribution is -0.123. The summed E-state index contributed by atoms with van der Waals surface area (Å²) in [6, 6.07) is 12.0. The molecule has 0 radical (unpaired) electrons. The number of ether oxygens (including phenoxy) is 2. The highest BCUT2D eigenvalue weighted by molar-refractivity contribution is 6.34. The molecule has 0 aliphatic carbocycles. The molecule has 0 aromatic heterocycles. The highest BCUT2D eigenvalue weighted by Gasteiger charge is 2.06. The Labute approximate surface area is 143 Å². The molecular formula is C16H14Cl2N2O3. The fourth-order valence-electron chi connectivity index (χ4n) is 1.66. The molecule has 0 saturated heterocycles. The third-order valence-corrected chi connectivity index (χ3v) is 3.30. The maximum Gasteiger partial charge on any atom is 0.277 e. The molecule has 0 unspecified atom stereocenters. The number of methoxy groups -OCH3 is 1. The van der Waals surface area contributed by atoms with Crippen molar-refractivity contribution in [1.29, 1.82) is 0 Å². The van der Waals surface area contributed by atoms with Crippen LogP contribution in [0.3, 0.4) is 0 Å². The molecule has 0 heterocycles. The molecule has 1 N–H and O–H groups in total. The molecule has 0 saturated carbocycles. The molecule has 120 valence electrons. The average molecular weight is 353 g/mol. The molecule has 0 fully saturated rings. The Morgan fingerprint density at radius 2 is 2.09 bits per heavy atom. The Morgan fingerprint density at radius 1 is 1.26 bits per heavy atom. The SMILES string of the molecule is COc1cccc(C=NNC(=O)COc2cc(Cl)ccc2Cl)c1. The molecule has 23 heavy (non-hydrogen) atoms. The second-order valence-electron chi connectivity index (χ2n) is 4.43. The summed E-state index contributed by atoms with van der Waals surface area (Å²) in [4.78, 5) is 11.7. The first-order valence-electron chi connectivity index (χ1n) is 6.62. The maximum atomic E-state index is 11.7. The van der Waals surface area contributed by atoms with E-state index in [4.69, 9.17) is 32.7 Å². The highest BCUT2D eigenvalue weighted by Crippen LogP contribution is 2.27. The van der Waals surface area contributed by atoms with Gasteiger partial charge in [0.1, 0.15) is 11.5 Å². The van der Waals surface area contributed by atoms with Gasteiger partial charge < -0.3 is 9.47 Å². The standard InChI is InChI=1S/C16H14Cl2N2O3/c1-22-13-4-2-3-11(7-13)9-19-20-16(21)10-23-15-8-12(17)5-6-14(15)18/h2-9H,10H2,1H3,(H,20,21). The molecule has 5 nitrogen and oxygen atoms in total. The van der Waals surface area contributed by atoms with Gasteiger partial charge in [-0.05, 0) is 29.8 Å². The zero-order chi connectivity index (χ0) is 16.7. The fraction of sp³-hybridized carbons (Fsp3) is 0.125. The van der Waals surface area contributed by atoms with Gasteiger partial charge in [0.25, 0.3) is 5.91 Å². The topological polar surface area (TPSA) is 59.9 Å².